The van der Waals surface area contributed by atoms with E-state index in [0.717, 1.165) is 15.8 Å². The molecule has 0 aliphatic carbocycles. The third kappa shape index (κ3) is 2.91. The number of benzene rings is 1. The Morgan fingerprint density at radius 2 is 1.94 bits per heavy atom. The Labute approximate surface area is 112 Å². The summed E-state index contributed by atoms with van der Waals surface area (Å²) >= 11 is 1.57. The number of para-hydroxylation sites is 1. The molecule has 1 aromatic carbocycles. The number of rotatable bonds is 3. The van der Waals surface area contributed by atoms with Crippen molar-refractivity contribution in [2.75, 3.05) is 5.75 Å². The van der Waals surface area contributed by atoms with Gasteiger partial charge in [0.05, 0.1) is 11.3 Å². The molecule has 0 radical (unpaired) electrons. The molecule has 0 amide bonds. The van der Waals surface area contributed by atoms with Gasteiger partial charge in [0, 0.05) is 21.9 Å². The summed E-state index contributed by atoms with van der Waals surface area (Å²) in [5.74, 6) is 0.763. The van der Waals surface area contributed by atoms with Gasteiger partial charge in [-0.2, -0.15) is 0 Å². The molecule has 0 fully saturated rings. The molecular formula is C15H17NOS. The summed E-state index contributed by atoms with van der Waals surface area (Å²) in [5.41, 5.74) is 0.706. The lowest BCUT2D eigenvalue weighted by Crippen LogP contribution is -2.21. The predicted molar refractivity (Wildman–Crippen MR) is 76.9 cm³/mol. The molecule has 2 rings (SSSR count). The van der Waals surface area contributed by atoms with Crippen LogP contribution in [0, 0.1) is 5.41 Å². The van der Waals surface area contributed by atoms with Crippen molar-refractivity contribution in [1.82, 2.24) is 4.98 Å². The number of aromatic nitrogens is 1. The molecule has 0 bridgehead atoms. The molecule has 0 N–H and O–H groups in total. The molecule has 0 spiro atoms. The quantitative estimate of drug-likeness (QED) is 0.782. The molecule has 1 heterocycles. The molecule has 94 valence electrons. The van der Waals surface area contributed by atoms with Gasteiger partial charge in [0.1, 0.15) is 5.78 Å². The summed E-state index contributed by atoms with van der Waals surface area (Å²) < 4.78 is 0. The first-order valence-corrected chi connectivity index (χ1v) is 6.97. The van der Waals surface area contributed by atoms with Crippen LogP contribution in [0.15, 0.2) is 41.4 Å². The third-order valence-corrected chi connectivity index (χ3v) is 3.84. The van der Waals surface area contributed by atoms with Gasteiger partial charge in [0.2, 0.25) is 0 Å². The lowest BCUT2D eigenvalue weighted by atomic mass is 9.92. The molecule has 2 aromatic rings. The number of ketones is 1. The van der Waals surface area contributed by atoms with E-state index >= 15 is 0 Å². The molecule has 0 saturated carbocycles. The van der Waals surface area contributed by atoms with Crippen molar-refractivity contribution in [3.05, 3.63) is 36.5 Å². The Hall–Kier alpha value is -1.35. The van der Waals surface area contributed by atoms with Crippen molar-refractivity contribution in [3.8, 4) is 0 Å². The lowest BCUT2D eigenvalue weighted by molar-refractivity contribution is -0.123. The highest BCUT2D eigenvalue weighted by atomic mass is 32.2. The predicted octanol–water partition coefficient (Wildman–Crippen LogP) is 3.94. The number of carbonyl (C=O) groups is 1. The summed E-state index contributed by atoms with van der Waals surface area (Å²) in [4.78, 5) is 17.4. The second-order valence-corrected chi connectivity index (χ2v) is 6.31. The van der Waals surface area contributed by atoms with E-state index in [-0.39, 0.29) is 11.2 Å². The minimum Gasteiger partial charge on any atom is -0.298 e. The summed E-state index contributed by atoms with van der Waals surface area (Å²) in [7, 11) is 0. The normalized spacial score (nSPS) is 11.7. The monoisotopic (exact) mass is 259 g/mol. The molecule has 0 unspecified atom stereocenters. The SMILES string of the molecule is CC(C)(C)C(=O)CSc1cccc2cccnc12. The van der Waals surface area contributed by atoms with Gasteiger partial charge < -0.3 is 0 Å². The minimum atomic E-state index is -0.273. The summed E-state index contributed by atoms with van der Waals surface area (Å²) in [6.07, 6.45) is 1.79. The standard InChI is InChI=1S/C15H17NOS/c1-15(2,3)13(17)10-18-12-8-4-6-11-7-5-9-16-14(11)12/h4-9H,10H2,1-3H3. The van der Waals surface area contributed by atoms with Crippen LogP contribution < -0.4 is 0 Å². The second-order valence-electron chi connectivity index (χ2n) is 5.29. The highest BCUT2D eigenvalue weighted by molar-refractivity contribution is 8.00. The molecule has 0 saturated heterocycles. The summed E-state index contributed by atoms with van der Waals surface area (Å²) in [5, 5.41) is 1.12. The maximum Gasteiger partial charge on any atom is 0.148 e. The maximum atomic E-state index is 11.9. The fourth-order valence-corrected chi connectivity index (χ4v) is 2.75. The van der Waals surface area contributed by atoms with E-state index in [1.165, 1.54) is 0 Å². The van der Waals surface area contributed by atoms with Gasteiger partial charge in [0.15, 0.2) is 0 Å². The highest BCUT2D eigenvalue weighted by Crippen LogP contribution is 2.28. The summed E-state index contributed by atoms with van der Waals surface area (Å²) in [6, 6.07) is 10.0. The van der Waals surface area contributed by atoms with E-state index in [1.807, 2.05) is 51.1 Å². The number of Topliss-reactive ketones (excluding diaryl/α,β-unsaturated/α-hetero) is 1. The molecule has 0 atom stereocenters. The van der Waals surface area contributed by atoms with Crippen LogP contribution in [0.4, 0.5) is 0 Å². The number of carbonyl (C=O) groups excluding carboxylic acids is 1. The fourth-order valence-electron chi connectivity index (χ4n) is 1.55. The van der Waals surface area contributed by atoms with Crippen molar-refractivity contribution >= 4 is 28.4 Å². The molecule has 0 aliphatic heterocycles. The van der Waals surface area contributed by atoms with Gasteiger partial charge in [0.25, 0.3) is 0 Å². The van der Waals surface area contributed by atoms with E-state index in [1.54, 1.807) is 18.0 Å². The third-order valence-electron chi connectivity index (χ3n) is 2.79. The van der Waals surface area contributed by atoms with Gasteiger partial charge >= 0.3 is 0 Å². The lowest BCUT2D eigenvalue weighted by Gasteiger charge is -2.16. The second kappa shape index (κ2) is 5.11. The number of fused-ring (bicyclic) bond motifs is 1. The van der Waals surface area contributed by atoms with Crippen LogP contribution in [-0.2, 0) is 4.79 Å². The van der Waals surface area contributed by atoms with E-state index < -0.39 is 0 Å². The van der Waals surface area contributed by atoms with E-state index in [0.29, 0.717) is 5.75 Å². The zero-order valence-electron chi connectivity index (χ0n) is 10.9. The molecule has 3 heteroatoms. The zero-order chi connectivity index (χ0) is 13.2. The van der Waals surface area contributed by atoms with Gasteiger partial charge in [-0.1, -0.05) is 39.0 Å². The molecule has 2 nitrogen and oxygen atoms in total. The number of hydrogen-bond acceptors (Lipinski definition) is 3. The fraction of sp³-hybridized carbons (Fsp3) is 0.333. The summed E-state index contributed by atoms with van der Waals surface area (Å²) in [6.45, 7) is 5.87. The van der Waals surface area contributed by atoms with Crippen LogP contribution in [0.5, 0.6) is 0 Å². The maximum absolute atomic E-state index is 11.9. The Morgan fingerprint density at radius 3 is 2.67 bits per heavy atom. The van der Waals surface area contributed by atoms with Gasteiger partial charge in [-0.15, -0.1) is 11.8 Å². The van der Waals surface area contributed by atoms with Crippen LogP contribution in [0.2, 0.25) is 0 Å². The molecule has 18 heavy (non-hydrogen) atoms. The Morgan fingerprint density at radius 1 is 1.22 bits per heavy atom. The first-order valence-electron chi connectivity index (χ1n) is 5.98. The first kappa shape index (κ1) is 13.1. The van der Waals surface area contributed by atoms with E-state index in [4.69, 9.17) is 0 Å². The number of pyridine rings is 1. The number of nitrogens with zero attached hydrogens (tertiary/aromatic N) is 1. The Balaban J connectivity index is 2.20. The minimum absolute atomic E-state index is 0.264. The number of hydrogen-bond donors (Lipinski definition) is 0. The van der Waals surface area contributed by atoms with Crippen molar-refractivity contribution in [3.63, 3.8) is 0 Å². The van der Waals surface area contributed by atoms with Crippen LogP contribution >= 0.6 is 11.8 Å². The van der Waals surface area contributed by atoms with E-state index in [9.17, 15) is 4.79 Å². The zero-order valence-corrected chi connectivity index (χ0v) is 11.8. The first-order chi connectivity index (χ1) is 8.48. The van der Waals surface area contributed by atoms with Gasteiger partial charge in [-0.25, -0.2) is 0 Å². The Bertz CT molecular complexity index is 567. The number of thioether (sulfide) groups is 1. The Kier molecular flexibility index (Phi) is 3.71. The van der Waals surface area contributed by atoms with Crippen LogP contribution in [0.3, 0.4) is 0 Å². The highest BCUT2D eigenvalue weighted by Gasteiger charge is 2.21. The largest absolute Gasteiger partial charge is 0.298 e. The molecule has 0 aliphatic rings. The smallest absolute Gasteiger partial charge is 0.148 e. The van der Waals surface area contributed by atoms with Gasteiger partial charge in [-0.3, -0.25) is 9.78 Å². The molecule has 1 aromatic heterocycles. The topological polar surface area (TPSA) is 30.0 Å². The van der Waals surface area contributed by atoms with Crippen LogP contribution in [-0.4, -0.2) is 16.5 Å². The van der Waals surface area contributed by atoms with Crippen LogP contribution in [0.25, 0.3) is 10.9 Å². The van der Waals surface area contributed by atoms with Crippen molar-refractivity contribution < 1.29 is 4.79 Å². The average molecular weight is 259 g/mol. The van der Waals surface area contributed by atoms with E-state index in [2.05, 4.69) is 4.98 Å². The average Bonchev–Trinajstić information content (AvgIpc) is 2.34. The molecular weight excluding hydrogens is 242 g/mol. The van der Waals surface area contributed by atoms with Gasteiger partial charge in [-0.05, 0) is 12.1 Å². The van der Waals surface area contributed by atoms with Crippen molar-refractivity contribution in [1.29, 1.82) is 0 Å². The van der Waals surface area contributed by atoms with Crippen LogP contribution in [0.1, 0.15) is 20.8 Å². The van der Waals surface area contributed by atoms with Crippen molar-refractivity contribution in [2.24, 2.45) is 5.41 Å². The van der Waals surface area contributed by atoms with Crippen molar-refractivity contribution in [2.45, 2.75) is 25.7 Å².